The van der Waals surface area contributed by atoms with Gasteiger partial charge in [0.1, 0.15) is 0 Å². The molecular formula is C16H27N3O2. The monoisotopic (exact) mass is 293 g/mol. The Morgan fingerprint density at radius 3 is 2.38 bits per heavy atom. The lowest BCUT2D eigenvalue weighted by Gasteiger charge is -2.33. The molecule has 1 atom stereocenters. The van der Waals surface area contributed by atoms with E-state index in [0.717, 1.165) is 12.2 Å². The molecule has 0 spiro atoms. The summed E-state index contributed by atoms with van der Waals surface area (Å²) in [7, 11) is 1.67. The minimum absolute atomic E-state index is 0.0872. The Labute approximate surface area is 127 Å². The van der Waals surface area contributed by atoms with Gasteiger partial charge >= 0.3 is 6.03 Å². The summed E-state index contributed by atoms with van der Waals surface area (Å²) in [5, 5.41) is 15.5. The summed E-state index contributed by atoms with van der Waals surface area (Å²) in [6, 6.07) is 7.83. The van der Waals surface area contributed by atoms with E-state index in [0.29, 0.717) is 0 Å². The number of hydrogen-bond acceptors (Lipinski definition) is 3. The Morgan fingerprint density at radius 2 is 1.90 bits per heavy atom. The van der Waals surface area contributed by atoms with E-state index in [4.69, 9.17) is 0 Å². The molecule has 0 saturated heterocycles. The van der Waals surface area contributed by atoms with Gasteiger partial charge in [-0.3, -0.25) is 0 Å². The summed E-state index contributed by atoms with van der Waals surface area (Å²) in [5.74, 6) is 0. The van der Waals surface area contributed by atoms with Crippen molar-refractivity contribution >= 4 is 11.7 Å². The van der Waals surface area contributed by atoms with Crippen molar-refractivity contribution in [2.45, 2.75) is 39.3 Å². The second-order valence-electron chi connectivity index (χ2n) is 5.86. The SMILES string of the molecule is CCNC(C)c1ccc(NC(=O)N(C)C(C)(C)CO)cc1. The molecule has 0 aromatic heterocycles. The average molecular weight is 293 g/mol. The average Bonchev–Trinajstić information content (AvgIpc) is 2.47. The van der Waals surface area contributed by atoms with Gasteiger partial charge in [-0.15, -0.1) is 0 Å². The number of carbonyl (C=O) groups excluding carboxylic acids is 1. The molecule has 0 bridgehead atoms. The van der Waals surface area contributed by atoms with Gasteiger partial charge in [-0.1, -0.05) is 19.1 Å². The lowest BCUT2D eigenvalue weighted by Crippen LogP contribution is -2.49. The highest BCUT2D eigenvalue weighted by Gasteiger charge is 2.26. The zero-order valence-electron chi connectivity index (χ0n) is 13.6. The topological polar surface area (TPSA) is 64.6 Å². The molecule has 21 heavy (non-hydrogen) atoms. The number of hydrogen-bond donors (Lipinski definition) is 3. The predicted octanol–water partition coefficient (Wildman–Crippen LogP) is 2.59. The molecule has 1 aromatic carbocycles. The molecule has 0 saturated carbocycles. The van der Waals surface area contributed by atoms with Gasteiger partial charge in [-0.05, 0) is 45.0 Å². The second-order valence-corrected chi connectivity index (χ2v) is 5.86. The molecule has 1 unspecified atom stereocenters. The van der Waals surface area contributed by atoms with Crippen LogP contribution in [0.3, 0.4) is 0 Å². The van der Waals surface area contributed by atoms with E-state index in [1.54, 1.807) is 7.05 Å². The number of anilines is 1. The first-order chi connectivity index (χ1) is 9.81. The lowest BCUT2D eigenvalue weighted by molar-refractivity contribution is 0.104. The maximum absolute atomic E-state index is 12.1. The highest BCUT2D eigenvalue weighted by atomic mass is 16.3. The fourth-order valence-corrected chi connectivity index (χ4v) is 1.87. The molecule has 5 nitrogen and oxygen atoms in total. The van der Waals surface area contributed by atoms with Crippen LogP contribution in [0.4, 0.5) is 10.5 Å². The normalized spacial score (nSPS) is 12.9. The number of rotatable bonds is 6. The van der Waals surface area contributed by atoms with E-state index in [2.05, 4.69) is 24.5 Å². The third kappa shape index (κ3) is 4.72. The van der Waals surface area contributed by atoms with Crippen LogP contribution >= 0.6 is 0 Å². The van der Waals surface area contributed by atoms with Crippen molar-refractivity contribution in [1.29, 1.82) is 0 Å². The summed E-state index contributed by atoms with van der Waals surface area (Å²) < 4.78 is 0. The maximum atomic E-state index is 12.1. The molecule has 0 aliphatic rings. The fraction of sp³-hybridized carbons (Fsp3) is 0.562. The third-order valence-electron chi connectivity index (χ3n) is 3.77. The molecule has 5 heteroatoms. The van der Waals surface area contributed by atoms with Gasteiger partial charge in [0.25, 0.3) is 0 Å². The summed E-state index contributed by atoms with van der Waals surface area (Å²) in [6.45, 7) is 8.64. The molecule has 0 aliphatic carbocycles. The Kier molecular flexibility index (Phi) is 6.18. The molecule has 118 valence electrons. The first kappa shape index (κ1) is 17.5. The Balaban J connectivity index is 2.70. The maximum Gasteiger partial charge on any atom is 0.322 e. The van der Waals surface area contributed by atoms with Crippen LogP contribution in [0, 0.1) is 0 Å². The summed E-state index contributed by atoms with van der Waals surface area (Å²) in [5.41, 5.74) is 1.33. The van der Waals surface area contributed by atoms with Gasteiger partial charge in [0, 0.05) is 18.8 Å². The molecule has 0 radical (unpaired) electrons. The number of nitrogens with one attached hydrogen (secondary N) is 2. The smallest absolute Gasteiger partial charge is 0.322 e. The zero-order valence-corrected chi connectivity index (χ0v) is 13.6. The van der Waals surface area contributed by atoms with Crippen molar-refractivity contribution in [2.24, 2.45) is 0 Å². The lowest BCUT2D eigenvalue weighted by atomic mass is 10.1. The van der Waals surface area contributed by atoms with E-state index in [-0.39, 0.29) is 18.7 Å². The number of carbonyl (C=O) groups is 1. The molecule has 1 rings (SSSR count). The zero-order chi connectivity index (χ0) is 16.0. The van der Waals surface area contributed by atoms with E-state index in [1.807, 2.05) is 38.1 Å². The number of likely N-dealkylation sites (N-methyl/N-ethyl adjacent to an activating group) is 1. The van der Waals surface area contributed by atoms with Crippen molar-refractivity contribution in [3.8, 4) is 0 Å². The summed E-state index contributed by atoms with van der Waals surface area (Å²) in [4.78, 5) is 13.6. The number of benzene rings is 1. The minimum Gasteiger partial charge on any atom is -0.394 e. The van der Waals surface area contributed by atoms with Crippen LogP contribution in [-0.2, 0) is 0 Å². The van der Waals surface area contributed by atoms with Crippen molar-refractivity contribution in [1.82, 2.24) is 10.2 Å². The van der Waals surface area contributed by atoms with Crippen LogP contribution < -0.4 is 10.6 Å². The summed E-state index contributed by atoms with van der Waals surface area (Å²) >= 11 is 0. The Hall–Kier alpha value is -1.59. The van der Waals surface area contributed by atoms with E-state index < -0.39 is 5.54 Å². The molecular weight excluding hydrogens is 266 g/mol. The highest BCUT2D eigenvalue weighted by molar-refractivity contribution is 5.89. The van der Waals surface area contributed by atoms with Crippen molar-refractivity contribution in [3.63, 3.8) is 0 Å². The molecule has 3 N–H and O–H groups in total. The van der Waals surface area contributed by atoms with Gasteiger partial charge in [0.05, 0.1) is 12.1 Å². The molecule has 0 fully saturated rings. The largest absolute Gasteiger partial charge is 0.394 e. The molecule has 0 aliphatic heterocycles. The van der Waals surface area contributed by atoms with Crippen LogP contribution in [0.1, 0.15) is 39.3 Å². The predicted molar refractivity (Wildman–Crippen MR) is 86.5 cm³/mol. The van der Waals surface area contributed by atoms with E-state index in [1.165, 1.54) is 10.5 Å². The standard InChI is InChI=1S/C16H27N3O2/c1-6-17-12(2)13-7-9-14(10-8-13)18-15(21)19(5)16(3,4)11-20/h7-10,12,17,20H,6,11H2,1-5H3,(H,18,21). The van der Waals surface area contributed by atoms with Crippen molar-refractivity contribution < 1.29 is 9.90 Å². The second kappa shape index (κ2) is 7.43. The Morgan fingerprint density at radius 1 is 1.33 bits per heavy atom. The quantitative estimate of drug-likeness (QED) is 0.755. The number of aliphatic hydroxyl groups excluding tert-OH is 1. The Bertz CT molecular complexity index is 457. The number of amides is 2. The van der Waals surface area contributed by atoms with Gasteiger partial charge in [0.2, 0.25) is 0 Å². The number of aliphatic hydroxyl groups is 1. The summed E-state index contributed by atoms with van der Waals surface area (Å²) in [6.07, 6.45) is 0. The highest BCUT2D eigenvalue weighted by Crippen LogP contribution is 2.18. The van der Waals surface area contributed by atoms with Gasteiger partial charge in [0.15, 0.2) is 0 Å². The fourth-order valence-electron chi connectivity index (χ4n) is 1.87. The minimum atomic E-state index is -0.594. The van der Waals surface area contributed by atoms with Gasteiger partial charge < -0.3 is 20.6 Å². The number of nitrogens with zero attached hydrogens (tertiary/aromatic N) is 1. The molecule has 2 amide bonds. The van der Waals surface area contributed by atoms with Crippen LogP contribution in [0.15, 0.2) is 24.3 Å². The van der Waals surface area contributed by atoms with Crippen molar-refractivity contribution in [2.75, 3.05) is 25.5 Å². The van der Waals surface area contributed by atoms with Crippen molar-refractivity contribution in [3.05, 3.63) is 29.8 Å². The van der Waals surface area contributed by atoms with Crippen LogP contribution in [0.5, 0.6) is 0 Å². The first-order valence-corrected chi connectivity index (χ1v) is 7.31. The van der Waals surface area contributed by atoms with Crippen LogP contribution in [0.2, 0.25) is 0 Å². The van der Waals surface area contributed by atoms with E-state index >= 15 is 0 Å². The van der Waals surface area contributed by atoms with Crippen LogP contribution in [0.25, 0.3) is 0 Å². The third-order valence-corrected chi connectivity index (χ3v) is 3.77. The molecule has 1 aromatic rings. The van der Waals surface area contributed by atoms with E-state index in [9.17, 15) is 9.90 Å². The van der Waals surface area contributed by atoms with Crippen LogP contribution in [-0.4, -0.2) is 41.8 Å². The van der Waals surface area contributed by atoms with Gasteiger partial charge in [-0.25, -0.2) is 4.79 Å². The first-order valence-electron chi connectivity index (χ1n) is 7.31. The number of urea groups is 1. The molecule has 0 heterocycles. The van der Waals surface area contributed by atoms with Gasteiger partial charge in [-0.2, -0.15) is 0 Å².